The van der Waals surface area contributed by atoms with Gasteiger partial charge in [-0.3, -0.25) is 0 Å². The van der Waals surface area contributed by atoms with Crippen molar-refractivity contribution in [3.8, 4) is 6.07 Å². The Bertz CT molecular complexity index is 609. The Morgan fingerprint density at radius 2 is 2.16 bits per heavy atom. The lowest BCUT2D eigenvalue weighted by Crippen LogP contribution is -2.13. The number of rotatable bonds is 4. The number of hydrogen-bond acceptors (Lipinski definition) is 4. The van der Waals surface area contributed by atoms with Gasteiger partial charge in [0.15, 0.2) is 0 Å². The van der Waals surface area contributed by atoms with Crippen LogP contribution in [0, 0.1) is 31.0 Å². The maximum Gasteiger partial charge on any atom is 0.208 e. The zero-order chi connectivity index (χ0) is 13.8. The van der Waals surface area contributed by atoms with Crippen molar-refractivity contribution in [3.63, 3.8) is 0 Å². The number of halogens is 1. The van der Waals surface area contributed by atoms with Crippen LogP contribution >= 0.6 is 0 Å². The van der Waals surface area contributed by atoms with Gasteiger partial charge in [0.1, 0.15) is 17.6 Å². The van der Waals surface area contributed by atoms with Crippen molar-refractivity contribution in [1.29, 1.82) is 5.26 Å². The van der Waals surface area contributed by atoms with Crippen LogP contribution in [-0.2, 0) is 13.1 Å². The molecule has 0 saturated carbocycles. The van der Waals surface area contributed by atoms with Crippen LogP contribution in [0.15, 0.2) is 22.6 Å². The maximum atomic E-state index is 13.1. The SMILES string of the molecule is Cc1nc(CNCc2ccc(F)c(C#N)c2)oc1C. The molecular formula is C14H14FN3O. The number of benzene rings is 1. The van der Waals surface area contributed by atoms with Gasteiger partial charge in [-0.05, 0) is 31.5 Å². The van der Waals surface area contributed by atoms with E-state index in [1.54, 1.807) is 6.07 Å². The number of nitrogens with zero attached hydrogens (tertiary/aromatic N) is 2. The quantitative estimate of drug-likeness (QED) is 0.916. The maximum absolute atomic E-state index is 13.1. The standard InChI is InChI=1S/C14H14FN3O/c1-9-10(2)19-14(18-9)8-17-7-11-3-4-13(15)12(5-11)6-16/h3-5,17H,7-8H2,1-2H3. The molecule has 0 aliphatic rings. The summed E-state index contributed by atoms with van der Waals surface area (Å²) >= 11 is 0. The van der Waals surface area contributed by atoms with Crippen molar-refractivity contribution >= 4 is 0 Å². The second kappa shape index (κ2) is 5.63. The molecule has 19 heavy (non-hydrogen) atoms. The fraction of sp³-hybridized carbons (Fsp3) is 0.286. The molecule has 0 amide bonds. The van der Waals surface area contributed by atoms with Gasteiger partial charge in [0.25, 0.3) is 0 Å². The highest BCUT2D eigenvalue weighted by atomic mass is 19.1. The molecule has 0 aliphatic carbocycles. The van der Waals surface area contributed by atoms with Crippen LogP contribution in [0.2, 0.25) is 0 Å². The zero-order valence-corrected chi connectivity index (χ0v) is 10.8. The number of hydrogen-bond donors (Lipinski definition) is 1. The van der Waals surface area contributed by atoms with E-state index in [0.717, 1.165) is 17.0 Å². The average molecular weight is 259 g/mol. The Morgan fingerprint density at radius 1 is 1.37 bits per heavy atom. The molecule has 0 aliphatic heterocycles. The molecule has 1 heterocycles. The lowest BCUT2D eigenvalue weighted by atomic mass is 10.1. The van der Waals surface area contributed by atoms with Crippen molar-refractivity contribution in [2.24, 2.45) is 0 Å². The highest BCUT2D eigenvalue weighted by Gasteiger charge is 2.06. The topological polar surface area (TPSA) is 61.9 Å². The Hall–Kier alpha value is -2.19. The van der Waals surface area contributed by atoms with Crippen molar-refractivity contribution in [3.05, 3.63) is 52.5 Å². The Balaban J connectivity index is 1.94. The van der Waals surface area contributed by atoms with Crippen LogP contribution in [0.3, 0.4) is 0 Å². The van der Waals surface area contributed by atoms with Gasteiger partial charge < -0.3 is 9.73 Å². The molecule has 0 radical (unpaired) electrons. The molecular weight excluding hydrogens is 245 g/mol. The van der Waals surface area contributed by atoms with E-state index in [9.17, 15) is 4.39 Å². The van der Waals surface area contributed by atoms with E-state index >= 15 is 0 Å². The number of aryl methyl sites for hydroxylation is 2. The van der Waals surface area contributed by atoms with Gasteiger partial charge in [-0.2, -0.15) is 5.26 Å². The molecule has 4 nitrogen and oxygen atoms in total. The predicted octanol–water partition coefficient (Wildman–Crippen LogP) is 2.59. The van der Waals surface area contributed by atoms with Gasteiger partial charge in [-0.15, -0.1) is 0 Å². The first-order chi connectivity index (χ1) is 9.10. The zero-order valence-electron chi connectivity index (χ0n) is 10.8. The van der Waals surface area contributed by atoms with E-state index in [4.69, 9.17) is 9.68 Å². The largest absolute Gasteiger partial charge is 0.444 e. The molecule has 0 bridgehead atoms. The lowest BCUT2D eigenvalue weighted by Gasteiger charge is -2.03. The molecule has 0 fully saturated rings. The fourth-order valence-electron chi connectivity index (χ4n) is 1.70. The minimum atomic E-state index is -0.495. The van der Waals surface area contributed by atoms with E-state index in [0.29, 0.717) is 19.0 Å². The fourth-order valence-corrected chi connectivity index (χ4v) is 1.70. The molecule has 5 heteroatoms. The molecule has 2 aromatic rings. The molecule has 0 atom stereocenters. The number of aromatic nitrogens is 1. The van der Waals surface area contributed by atoms with E-state index in [1.165, 1.54) is 12.1 Å². The van der Waals surface area contributed by atoms with E-state index in [2.05, 4.69) is 10.3 Å². The summed E-state index contributed by atoms with van der Waals surface area (Å²) in [7, 11) is 0. The molecule has 98 valence electrons. The third kappa shape index (κ3) is 3.18. The Kier molecular flexibility index (Phi) is 3.93. The monoisotopic (exact) mass is 259 g/mol. The van der Waals surface area contributed by atoms with Gasteiger partial charge >= 0.3 is 0 Å². The Labute approximate surface area is 110 Å². The third-order valence-corrected chi connectivity index (χ3v) is 2.83. The van der Waals surface area contributed by atoms with Gasteiger partial charge in [-0.25, -0.2) is 9.37 Å². The first kappa shape index (κ1) is 13.2. The van der Waals surface area contributed by atoms with Crippen molar-refractivity contribution in [1.82, 2.24) is 10.3 Å². The second-order valence-corrected chi connectivity index (χ2v) is 4.28. The van der Waals surface area contributed by atoms with Crippen molar-refractivity contribution < 1.29 is 8.81 Å². The van der Waals surface area contributed by atoms with Crippen LogP contribution in [0.4, 0.5) is 4.39 Å². The number of nitriles is 1. The van der Waals surface area contributed by atoms with Crippen molar-refractivity contribution in [2.45, 2.75) is 26.9 Å². The van der Waals surface area contributed by atoms with E-state index in [1.807, 2.05) is 19.9 Å². The van der Waals surface area contributed by atoms with E-state index < -0.39 is 5.82 Å². The first-order valence-electron chi connectivity index (χ1n) is 5.92. The summed E-state index contributed by atoms with van der Waals surface area (Å²) in [5.74, 6) is 0.938. The third-order valence-electron chi connectivity index (χ3n) is 2.83. The summed E-state index contributed by atoms with van der Waals surface area (Å²) in [5.41, 5.74) is 1.78. The summed E-state index contributed by atoms with van der Waals surface area (Å²) in [4.78, 5) is 4.25. The highest BCUT2D eigenvalue weighted by Crippen LogP contribution is 2.10. The smallest absolute Gasteiger partial charge is 0.208 e. The predicted molar refractivity (Wildman–Crippen MR) is 67.6 cm³/mol. The second-order valence-electron chi connectivity index (χ2n) is 4.28. The van der Waals surface area contributed by atoms with Crippen LogP contribution in [0.25, 0.3) is 0 Å². The summed E-state index contributed by atoms with van der Waals surface area (Å²) in [6.07, 6.45) is 0. The molecule has 2 rings (SSSR count). The number of nitrogens with one attached hydrogen (secondary N) is 1. The number of oxazole rings is 1. The van der Waals surface area contributed by atoms with Gasteiger partial charge in [-0.1, -0.05) is 6.07 Å². The normalized spacial score (nSPS) is 10.4. The summed E-state index contributed by atoms with van der Waals surface area (Å²) in [6, 6.07) is 6.31. The van der Waals surface area contributed by atoms with Crippen LogP contribution < -0.4 is 5.32 Å². The van der Waals surface area contributed by atoms with Gasteiger partial charge in [0, 0.05) is 6.54 Å². The van der Waals surface area contributed by atoms with Gasteiger partial charge in [0.05, 0.1) is 17.8 Å². The molecule has 1 N–H and O–H groups in total. The summed E-state index contributed by atoms with van der Waals surface area (Å²) in [6.45, 7) is 4.77. The highest BCUT2D eigenvalue weighted by molar-refractivity contribution is 5.34. The van der Waals surface area contributed by atoms with Gasteiger partial charge in [0.2, 0.25) is 5.89 Å². The molecule has 0 unspecified atom stereocenters. The molecule has 0 saturated heterocycles. The van der Waals surface area contributed by atoms with Crippen molar-refractivity contribution in [2.75, 3.05) is 0 Å². The average Bonchev–Trinajstić information content (AvgIpc) is 2.71. The Morgan fingerprint density at radius 3 is 2.79 bits per heavy atom. The van der Waals surface area contributed by atoms with Crippen LogP contribution in [-0.4, -0.2) is 4.98 Å². The van der Waals surface area contributed by atoms with Crippen LogP contribution in [0.1, 0.15) is 28.5 Å². The summed E-state index contributed by atoms with van der Waals surface area (Å²) in [5, 5.41) is 11.9. The molecule has 1 aromatic carbocycles. The lowest BCUT2D eigenvalue weighted by molar-refractivity contribution is 0.448. The molecule has 1 aromatic heterocycles. The molecule has 0 spiro atoms. The van der Waals surface area contributed by atoms with E-state index in [-0.39, 0.29) is 5.56 Å². The van der Waals surface area contributed by atoms with Crippen LogP contribution in [0.5, 0.6) is 0 Å². The first-order valence-corrected chi connectivity index (χ1v) is 5.92. The minimum absolute atomic E-state index is 0.0575. The minimum Gasteiger partial charge on any atom is -0.444 e. The summed E-state index contributed by atoms with van der Waals surface area (Å²) < 4.78 is 18.6.